The van der Waals surface area contributed by atoms with Gasteiger partial charge < -0.3 is 14.5 Å². The summed E-state index contributed by atoms with van der Waals surface area (Å²) >= 11 is 1.69. The average molecular weight is 443 g/mol. The minimum Gasteiger partial charge on any atom is -0.378 e. The molecule has 2 aliphatic heterocycles. The Labute approximate surface area is 187 Å². The van der Waals surface area contributed by atoms with Gasteiger partial charge in [-0.05, 0) is 17.0 Å². The maximum Gasteiger partial charge on any atom is 0.236 e. The average Bonchev–Trinajstić information content (AvgIpc) is 3.35. The topological polar surface area (TPSA) is 65.1 Å². The molecule has 2 aliphatic rings. The Morgan fingerprint density at radius 1 is 0.903 bits per heavy atom. The van der Waals surface area contributed by atoms with Crippen molar-refractivity contribution in [2.45, 2.75) is 6.04 Å². The van der Waals surface area contributed by atoms with Crippen molar-refractivity contribution in [2.24, 2.45) is 0 Å². The molecule has 1 aromatic carbocycles. The lowest BCUT2D eigenvalue weighted by Crippen LogP contribution is -2.53. The van der Waals surface area contributed by atoms with Crippen LogP contribution in [0.5, 0.6) is 0 Å². The number of thiophene rings is 1. The number of nitrogens with zero attached hydrogens (tertiary/aromatic N) is 3. The first kappa shape index (κ1) is 22.0. The molecule has 0 unspecified atom stereocenters. The molecule has 0 bridgehead atoms. The van der Waals surface area contributed by atoms with Gasteiger partial charge in [0.25, 0.3) is 0 Å². The normalized spacial score (nSPS) is 18.7. The predicted octanol–water partition coefficient (Wildman–Crippen LogP) is 1.43. The number of ether oxygens (including phenoxy) is 1. The van der Waals surface area contributed by atoms with Crippen LogP contribution in [-0.2, 0) is 14.3 Å². The molecule has 0 aliphatic carbocycles. The molecule has 2 fully saturated rings. The monoisotopic (exact) mass is 442 g/mol. The molecule has 0 radical (unpaired) electrons. The molecular formula is C23H30N4O3S. The van der Waals surface area contributed by atoms with Gasteiger partial charge in [-0.3, -0.25) is 19.8 Å². The number of amides is 2. The summed E-state index contributed by atoms with van der Waals surface area (Å²) in [4.78, 5) is 32.4. The predicted molar refractivity (Wildman–Crippen MR) is 121 cm³/mol. The van der Waals surface area contributed by atoms with E-state index in [1.54, 1.807) is 11.3 Å². The SMILES string of the molecule is O=C(CN[C@@H](c1ccccc1)c1cccs1)N1CCN(CC(=O)N2CCOCC2)CC1. The van der Waals surface area contributed by atoms with E-state index in [1.165, 1.54) is 4.88 Å². The van der Waals surface area contributed by atoms with Crippen LogP contribution in [0.2, 0.25) is 0 Å². The summed E-state index contributed by atoms with van der Waals surface area (Å²) in [5.41, 5.74) is 1.16. The van der Waals surface area contributed by atoms with Gasteiger partial charge in [-0.1, -0.05) is 36.4 Å². The van der Waals surface area contributed by atoms with Gasteiger partial charge in [0.05, 0.1) is 32.3 Å². The zero-order valence-electron chi connectivity index (χ0n) is 17.7. The Morgan fingerprint density at radius 3 is 2.29 bits per heavy atom. The zero-order chi connectivity index (χ0) is 21.5. The summed E-state index contributed by atoms with van der Waals surface area (Å²) in [5.74, 6) is 0.267. The van der Waals surface area contributed by atoms with E-state index >= 15 is 0 Å². The van der Waals surface area contributed by atoms with Crippen LogP contribution in [0.1, 0.15) is 16.5 Å². The van der Waals surface area contributed by atoms with Crippen LogP contribution < -0.4 is 5.32 Å². The molecule has 3 heterocycles. The Hall–Kier alpha value is -2.26. The van der Waals surface area contributed by atoms with Gasteiger partial charge >= 0.3 is 0 Å². The van der Waals surface area contributed by atoms with Crippen LogP contribution in [0.3, 0.4) is 0 Å². The molecule has 7 nitrogen and oxygen atoms in total. The minimum atomic E-state index is 0.0117. The highest BCUT2D eigenvalue weighted by Gasteiger charge is 2.25. The highest BCUT2D eigenvalue weighted by atomic mass is 32.1. The van der Waals surface area contributed by atoms with Crippen LogP contribution >= 0.6 is 11.3 Å². The van der Waals surface area contributed by atoms with Gasteiger partial charge in [0.2, 0.25) is 11.8 Å². The molecule has 1 aromatic heterocycles. The van der Waals surface area contributed by atoms with Gasteiger partial charge in [0.1, 0.15) is 0 Å². The molecule has 4 rings (SSSR count). The summed E-state index contributed by atoms with van der Waals surface area (Å²) in [6.07, 6.45) is 0. The summed E-state index contributed by atoms with van der Waals surface area (Å²) in [7, 11) is 0. The van der Waals surface area contributed by atoms with Crippen molar-refractivity contribution in [1.29, 1.82) is 0 Å². The Balaban J connectivity index is 1.25. The van der Waals surface area contributed by atoms with Crippen molar-refractivity contribution in [3.05, 3.63) is 58.3 Å². The number of hydrogen-bond acceptors (Lipinski definition) is 6. The molecule has 31 heavy (non-hydrogen) atoms. The van der Waals surface area contributed by atoms with E-state index in [9.17, 15) is 9.59 Å². The van der Waals surface area contributed by atoms with E-state index < -0.39 is 0 Å². The fourth-order valence-corrected chi connectivity index (χ4v) is 4.87. The molecule has 0 spiro atoms. The van der Waals surface area contributed by atoms with Gasteiger partial charge in [0, 0.05) is 44.1 Å². The minimum absolute atomic E-state index is 0.0117. The fourth-order valence-electron chi connectivity index (χ4n) is 4.04. The molecule has 2 amide bonds. The molecule has 1 atom stereocenters. The van der Waals surface area contributed by atoms with Crippen molar-refractivity contribution < 1.29 is 14.3 Å². The van der Waals surface area contributed by atoms with Crippen LogP contribution in [0.4, 0.5) is 0 Å². The number of hydrogen-bond donors (Lipinski definition) is 1. The first-order chi connectivity index (χ1) is 15.2. The summed E-state index contributed by atoms with van der Waals surface area (Å²) < 4.78 is 5.31. The van der Waals surface area contributed by atoms with Crippen LogP contribution in [0.25, 0.3) is 0 Å². The summed E-state index contributed by atoms with van der Waals surface area (Å²) in [5, 5.41) is 5.52. The van der Waals surface area contributed by atoms with Crippen molar-refractivity contribution in [2.75, 3.05) is 65.6 Å². The van der Waals surface area contributed by atoms with Gasteiger partial charge in [-0.15, -0.1) is 11.3 Å². The van der Waals surface area contributed by atoms with Gasteiger partial charge in [0.15, 0.2) is 0 Å². The van der Waals surface area contributed by atoms with E-state index in [0.29, 0.717) is 52.5 Å². The highest BCUT2D eigenvalue weighted by Crippen LogP contribution is 2.25. The lowest BCUT2D eigenvalue weighted by Gasteiger charge is -2.36. The molecule has 0 saturated carbocycles. The fraction of sp³-hybridized carbons (Fsp3) is 0.478. The second-order valence-corrected chi connectivity index (χ2v) is 8.87. The number of benzene rings is 1. The van der Waals surface area contributed by atoms with Crippen molar-refractivity contribution in [3.8, 4) is 0 Å². The number of piperazine rings is 1. The Kier molecular flexibility index (Phi) is 7.69. The van der Waals surface area contributed by atoms with Crippen molar-refractivity contribution >= 4 is 23.2 Å². The Bertz CT molecular complexity index is 832. The van der Waals surface area contributed by atoms with E-state index in [2.05, 4.69) is 33.8 Å². The van der Waals surface area contributed by atoms with Gasteiger partial charge in [-0.25, -0.2) is 0 Å². The molecular weight excluding hydrogens is 412 g/mol. The lowest BCUT2D eigenvalue weighted by atomic mass is 10.1. The van der Waals surface area contributed by atoms with E-state index in [0.717, 1.165) is 18.7 Å². The number of carbonyl (C=O) groups is 2. The summed E-state index contributed by atoms with van der Waals surface area (Å²) in [6.45, 7) is 6.10. The number of morpholine rings is 1. The molecule has 8 heteroatoms. The third kappa shape index (κ3) is 5.92. The highest BCUT2D eigenvalue weighted by molar-refractivity contribution is 7.10. The standard InChI is InChI=1S/C23H30N4O3S/c28-21(17-24-23(20-7-4-16-31-20)19-5-2-1-3-6-19)26-10-8-25(9-11-26)18-22(29)27-12-14-30-15-13-27/h1-7,16,23-24H,8-15,17-18H2/t23-/m0/s1. The smallest absolute Gasteiger partial charge is 0.236 e. The number of rotatable bonds is 7. The third-order valence-corrected chi connectivity index (χ3v) is 6.80. The largest absolute Gasteiger partial charge is 0.378 e. The van der Waals surface area contributed by atoms with Crippen LogP contribution in [0, 0.1) is 0 Å². The second kappa shape index (κ2) is 10.9. The number of carbonyl (C=O) groups excluding carboxylic acids is 2. The van der Waals surface area contributed by atoms with Crippen LogP contribution in [-0.4, -0.2) is 92.1 Å². The first-order valence-electron chi connectivity index (χ1n) is 10.9. The van der Waals surface area contributed by atoms with E-state index in [4.69, 9.17) is 4.74 Å². The molecule has 166 valence electrons. The maximum absolute atomic E-state index is 12.8. The Morgan fingerprint density at radius 2 is 1.61 bits per heavy atom. The van der Waals surface area contributed by atoms with E-state index in [1.807, 2.05) is 34.1 Å². The molecule has 2 aromatic rings. The molecule has 1 N–H and O–H groups in total. The molecule has 2 saturated heterocycles. The maximum atomic E-state index is 12.8. The number of nitrogens with one attached hydrogen (secondary N) is 1. The second-order valence-electron chi connectivity index (χ2n) is 7.89. The van der Waals surface area contributed by atoms with Crippen LogP contribution in [0.15, 0.2) is 47.8 Å². The first-order valence-corrected chi connectivity index (χ1v) is 11.8. The lowest BCUT2D eigenvalue weighted by molar-refractivity contribution is -0.137. The van der Waals surface area contributed by atoms with Crippen molar-refractivity contribution in [1.82, 2.24) is 20.0 Å². The van der Waals surface area contributed by atoms with E-state index in [-0.39, 0.29) is 17.9 Å². The summed E-state index contributed by atoms with van der Waals surface area (Å²) in [6, 6.07) is 14.4. The third-order valence-electron chi connectivity index (χ3n) is 5.87. The quantitative estimate of drug-likeness (QED) is 0.703. The van der Waals surface area contributed by atoms with Crippen molar-refractivity contribution in [3.63, 3.8) is 0 Å². The van der Waals surface area contributed by atoms with Gasteiger partial charge in [-0.2, -0.15) is 0 Å². The zero-order valence-corrected chi connectivity index (χ0v) is 18.6.